The molecule has 2 aromatic heterocycles. The number of piperazine rings is 1. The molecule has 1 aliphatic rings. The molecule has 1 fully saturated rings. The summed E-state index contributed by atoms with van der Waals surface area (Å²) in [5.74, 6) is 0. The van der Waals surface area contributed by atoms with Crippen molar-refractivity contribution in [1.82, 2.24) is 19.7 Å². The van der Waals surface area contributed by atoms with E-state index in [4.69, 9.17) is 0 Å². The maximum atomic E-state index is 13.6. The Hall–Kier alpha value is -3.59. The van der Waals surface area contributed by atoms with E-state index >= 15 is 0 Å². The zero-order chi connectivity index (χ0) is 24.7. The fourth-order valence-electron chi connectivity index (χ4n) is 4.69. The topological polar surface area (TPSA) is 57.2 Å². The average Bonchev–Trinajstić information content (AvgIpc) is 3.26. The quantitative estimate of drug-likeness (QED) is 0.456. The number of nitrogens with one attached hydrogen (secondary N) is 1. The number of aromatic amines is 1. The molecule has 0 radical (unpaired) electrons. The summed E-state index contributed by atoms with van der Waals surface area (Å²) in [5.41, 5.74) is 2.09. The van der Waals surface area contributed by atoms with E-state index in [0.29, 0.717) is 16.6 Å². The number of alkyl halides is 3. The number of pyridine rings is 1. The van der Waals surface area contributed by atoms with Crippen LogP contribution >= 0.6 is 0 Å². The Balaban J connectivity index is 1.51. The lowest BCUT2D eigenvalue weighted by Crippen LogP contribution is -2.44. The van der Waals surface area contributed by atoms with Crippen LogP contribution in [0.2, 0.25) is 0 Å². The number of likely N-dealkylation sites (N-methyl/N-ethyl adjacent to an activating group) is 1. The van der Waals surface area contributed by atoms with Gasteiger partial charge in [0.05, 0.1) is 17.1 Å². The number of hydrogen-bond donors (Lipinski definition) is 1. The first-order valence-corrected chi connectivity index (χ1v) is 11.5. The summed E-state index contributed by atoms with van der Waals surface area (Å²) in [4.78, 5) is 17.5. The van der Waals surface area contributed by atoms with Crippen LogP contribution in [-0.2, 0) is 6.18 Å². The third-order valence-corrected chi connectivity index (χ3v) is 6.77. The molecule has 0 saturated carbocycles. The van der Waals surface area contributed by atoms with E-state index in [1.165, 1.54) is 22.8 Å². The number of rotatable bonds is 4. The van der Waals surface area contributed by atoms with Gasteiger partial charge in [0.25, 0.3) is 5.56 Å². The van der Waals surface area contributed by atoms with Gasteiger partial charge in [0.2, 0.25) is 0 Å². The van der Waals surface area contributed by atoms with Crippen LogP contribution in [0.1, 0.15) is 24.1 Å². The zero-order valence-electron chi connectivity index (χ0n) is 19.5. The van der Waals surface area contributed by atoms with Gasteiger partial charge in [0, 0.05) is 55.1 Å². The van der Waals surface area contributed by atoms with Crippen LogP contribution in [0.25, 0.3) is 22.2 Å². The number of nitrogens with zero attached hydrogens (tertiary/aromatic N) is 4. The molecule has 0 aliphatic carbocycles. The van der Waals surface area contributed by atoms with Crippen LogP contribution in [0, 0.1) is 0 Å². The van der Waals surface area contributed by atoms with Crippen molar-refractivity contribution < 1.29 is 13.2 Å². The second-order valence-corrected chi connectivity index (χ2v) is 9.02. The first-order valence-electron chi connectivity index (χ1n) is 11.5. The largest absolute Gasteiger partial charge is 0.416 e. The molecule has 6 nitrogen and oxygen atoms in total. The maximum absolute atomic E-state index is 13.6. The van der Waals surface area contributed by atoms with Gasteiger partial charge in [-0.25, -0.2) is 0 Å². The molecule has 182 valence electrons. The Morgan fingerprint density at radius 3 is 2.37 bits per heavy atom. The monoisotopic (exact) mass is 481 g/mol. The van der Waals surface area contributed by atoms with Gasteiger partial charge >= 0.3 is 6.18 Å². The molecule has 9 heteroatoms. The summed E-state index contributed by atoms with van der Waals surface area (Å²) in [5, 5.41) is 7.98. The Morgan fingerprint density at radius 1 is 1.00 bits per heavy atom. The highest BCUT2D eigenvalue weighted by atomic mass is 19.4. The summed E-state index contributed by atoms with van der Waals surface area (Å²) in [7, 11) is 2.12. The lowest BCUT2D eigenvalue weighted by molar-refractivity contribution is -0.138. The van der Waals surface area contributed by atoms with E-state index in [1.54, 1.807) is 19.2 Å². The smallest absolute Gasteiger partial charge is 0.369 e. The Labute approximate surface area is 200 Å². The highest BCUT2D eigenvalue weighted by Crippen LogP contribution is 2.36. The molecule has 3 heterocycles. The Kier molecular flexibility index (Phi) is 5.88. The average molecular weight is 482 g/mol. The summed E-state index contributed by atoms with van der Waals surface area (Å²) in [6.45, 7) is 5.55. The normalized spacial score (nSPS) is 16.1. The summed E-state index contributed by atoms with van der Waals surface area (Å²) >= 11 is 0. The van der Waals surface area contributed by atoms with Crippen molar-refractivity contribution in [2.75, 3.05) is 38.1 Å². The molecule has 35 heavy (non-hydrogen) atoms. The fraction of sp³-hybridized carbons (Fsp3) is 0.308. The molecule has 4 aromatic rings. The van der Waals surface area contributed by atoms with Crippen molar-refractivity contribution in [3.63, 3.8) is 0 Å². The van der Waals surface area contributed by atoms with Crippen LogP contribution in [0.4, 0.5) is 18.9 Å². The minimum atomic E-state index is -4.51. The molecule has 1 atom stereocenters. The number of benzene rings is 2. The van der Waals surface area contributed by atoms with Crippen molar-refractivity contribution in [1.29, 1.82) is 0 Å². The van der Waals surface area contributed by atoms with Gasteiger partial charge in [-0.1, -0.05) is 30.3 Å². The standard InChI is InChI=1S/C26H26F3N5O/c1-17(20-5-3-4-6-22(20)26(27,28)29)34-16-21-23(15-24(34)35)30-31-25(21)18-7-9-19(10-8-18)33-13-11-32(2)12-14-33/h3-10,15-17,30H,11-14H2,1-2H3. The van der Waals surface area contributed by atoms with Crippen LogP contribution in [0.15, 0.2) is 65.6 Å². The minimum absolute atomic E-state index is 0.0445. The number of halogens is 3. The van der Waals surface area contributed by atoms with E-state index in [1.807, 2.05) is 12.1 Å². The molecule has 0 spiro atoms. The molecule has 0 bridgehead atoms. The van der Waals surface area contributed by atoms with Crippen molar-refractivity contribution in [2.24, 2.45) is 0 Å². The molecular weight excluding hydrogens is 455 g/mol. The predicted octanol–water partition coefficient (Wildman–Crippen LogP) is 4.77. The number of hydrogen-bond acceptors (Lipinski definition) is 4. The van der Waals surface area contributed by atoms with Gasteiger partial charge in [-0.3, -0.25) is 9.89 Å². The van der Waals surface area contributed by atoms with Gasteiger partial charge in [0.1, 0.15) is 5.69 Å². The van der Waals surface area contributed by atoms with E-state index < -0.39 is 23.3 Å². The molecule has 1 unspecified atom stereocenters. The molecule has 1 aliphatic heterocycles. The number of aromatic nitrogens is 3. The second-order valence-electron chi connectivity index (χ2n) is 9.02. The molecular formula is C26H26F3N5O. The second kappa shape index (κ2) is 8.88. The third-order valence-electron chi connectivity index (χ3n) is 6.77. The van der Waals surface area contributed by atoms with E-state index in [-0.39, 0.29) is 5.56 Å². The molecule has 1 saturated heterocycles. The van der Waals surface area contributed by atoms with Gasteiger partial charge in [-0.15, -0.1) is 0 Å². The zero-order valence-corrected chi connectivity index (χ0v) is 19.5. The SMILES string of the molecule is CC(c1ccccc1C(F)(F)F)n1cc2c(-c3ccc(N4CCN(C)CC4)cc3)n[nH]c2cc1=O. The van der Waals surface area contributed by atoms with E-state index in [2.05, 4.69) is 39.2 Å². The lowest BCUT2D eigenvalue weighted by Gasteiger charge is -2.34. The van der Waals surface area contributed by atoms with Crippen molar-refractivity contribution >= 4 is 16.6 Å². The van der Waals surface area contributed by atoms with Crippen molar-refractivity contribution in [3.05, 3.63) is 82.3 Å². The van der Waals surface area contributed by atoms with Gasteiger partial charge < -0.3 is 14.4 Å². The van der Waals surface area contributed by atoms with Crippen LogP contribution in [0.5, 0.6) is 0 Å². The summed E-state index contributed by atoms with van der Waals surface area (Å²) in [6.07, 6.45) is -2.91. The Morgan fingerprint density at radius 2 is 1.69 bits per heavy atom. The van der Waals surface area contributed by atoms with Crippen molar-refractivity contribution in [3.8, 4) is 11.3 Å². The van der Waals surface area contributed by atoms with Gasteiger partial charge in [-0.05, 0) is 37.7 Å². The number of fused-ring (bicyclic) bond motifs is 1. The molecule has 0 amide bonds. The summed E-state index contributed by atoms with van der Waals surface area (Å²) < 4.78 is 42.1. The third kappa shape index (κ3) is 4.43. The highest BCUT2D eigenvalue weighted by molar-refractivity contribution is 5.92. The Bertz CT molecular complexity index is 1400. The highest BCUT2D eigenvalue weighted by Gasteiger charge is 2.34. The minimum Gasteiger partial charge on any atom is -0.369 e. The number of H-pyrrole nitrogens is 1. The molecule has 5 rings (SSSR count). The van der Waals surface area contributed by atoms with E-state index in [9.17, 15) is 18.0 Å². The lowest BCUT2D eigenvalue weighted by atomic mass is 10.0. The van der Waals surface area contributed by atoms with Crippen LogP contribution < -0.4 is 10.5 Å². The summed E-state index contributed by atoms with van der Waals surface area (Å²) in [6, 6.07) is 14.0. The number of anilines is 1. The first kappa shape index (κ1) is 23.2. The predicted molar refractivity (Wildman–Crippen MR) is 131 cm³/mol. The van der Waals surface area contributed by atoms with Gasteiger partial charge in [-0.2, -0.15) is 18.3 Å². The molecule has 1 N–H and O–H groups in total. The van der Waals surface area contributed by atoms with Gasteiger partial charge in [0.15, 0.2) is 0 Å². The van der Waals surface area contributed by atoms with E-state index in [0.717, 1.165) is 43.5 Å². The fourth-order valence-corrected chi connectivity index (χ4v) is 4.69. The maximum Gasteiger partial charge on any atom is 0.416 e. The first-order chi connectivity index (χ1) is 16.7. The van der Waals surface area contributed by atoms with Crippen molar-refractivity contribution in [2.45, 2.75) is 19.1 Å². The van der Waals surface area contributed by atoms with Crippen LogP contribution in [0.3, 0.4) is 0 Å². The van der Waals surface area contributed by atoms with Crippen LogP contribution in [-0.4, -0.2) is 52.9 Å². The molecule has 2 aromatic carbocycles.